The van der Waals surface area contributed by atoms with Crippen LogP contribution in [0.15, 0.2) is 54.6 Å². The lowest BCUT2D eigenvalue weighted by molar-refractivity contribution is 0.0519. The molecule has 0 bridgehead atoms. The second kappa shape index (κ2) is 8.71. The van der Waals surface area contributed by atoms with Gasteiger partial charge in [-0.3, -0.25) is 4.79 Å². The van der Waals surface area contributed by atoms with Crippen LogP contribution in [0.4, 0.5) is 0 Å². The van der Waals surface area contributed by atoms with Gasteiger partial charge >= 0.3 is 5.97 Å². The fourth-order valence-corrected chi connectivity index (χ4v) is 3.25. The van der Waals surface area contributed by atoms with Gasteiger partial charge in [0, 0.05) is 22.7 Å². The van der Waals surface area contributed by atoms with E-state index in [1.54, 1.807) is 41.9 Å². The normalized spacial score (nSPS) is 13.1. The van der Waals surface area contributed by atoms with E-state index in [-0.39, 0.29) is 18.2 Å². The topological polar surface area (TPSA) is 73.2 Å². The molecule has 154 valence electrons. The van der Waals surface area contributed by atoms with Crippen molar-refractivity contribution >= 4 is 23.5 Å². The molecule has 0 unspecified atom stereocenters. The number of esters is 1. The summed E-state index contributed by atoms with van der Waals surface area (Å²) in [5.41, 5.74) is 3.11. The van der Waals surface area contributed by atoms with Crippen molar-refractivity contribution in [3.8, 4) is 16.9 Å². The van der Waals surface area contributed by atoms with Gasteiger partial charge in [-0.25, -0.2) is 9.48 Å². The van der Waals surface area contributed by atoms with Crippen molar-refractivity contribution in [2.75, 3.05) is 13.2 Å². The summed E-state index contributed by atoms with van der Waals surface area (Å²) in [6.07, 6.45) is 2.38. The molecule has 0 atom stereocenters. The predicted octanol–water partition coefficient (Wildman–Crippen LogP) is 4.51. The lowest BCUT2D eigenvalue weighted by Gasteiger charge is -2.09. The number of nitrogens with one attached hydrogen (secondary N) is 1. The molecular weight excluding hydrogens is 402 g/mol. The SMILES string of the molecule is CCOC(=O)c1cc(-c2ccc(Cl)cc2)n(-c2ccc(C(=O)NCC3CC3)cc2)n1. The van der Waals surface area contributed by atoms with E-state index in [4.69, 9.17) is 16.3 Å². The molecule has 1 amide bonds. The van der Waals surface area contributed by atoms with E-state index >= 15 is 0 Å². The second-order valence-corrected chi connectivity index (χ2v) is 7.69. The van der Waals surface area contributed by atoms with Gasteiger partial charge in [-0.05, 0) is 68.1 Å². The summed E-state index contributed by atoms with van der Waals surface area (Å²) in [6, 6.07) is 16.1. The first-order valence-electron chi connectivity index (χ1n) is 9.97. The lowest BCUT2D eigenvalue weighted by Crippen LogP contribution is -2.25. The maximum atomic E-state index is 12.3. The van der Waals surface area contributed by atoms with Crippen molar-refractivity contribution in [2.45, 2.75) is 19.8 Å². The Bertz CT molecular complexity index is 1050. The molecule has 2 aromatic carbocycles. The van der Waals surface area contributed by atoms with Crippen LogP contribution in [-0.4, -0.2) is 34.8 Å². The molecule has 6 nitrogen and oxygen atoms in total. The van der Waals surface area contributed by atoms with Crippen LogP contribution in [0.3, 0.4) is 0 Å². The Kier molecular flexibility index (Phi) is 5.86. The Morgan fingerprint density at radius 2 is 1.83 bits per heavy atom. The zero-order valence-corrected chi connectivity index (χ0v) is 17.4. The zero-order chi connectivity index (χ0) is 21.1. The van der Waals surface area contributed by atoms with Crippen LogP contribution < -0.4 is 5.32 Å². The van der Waals surface area contributed by atoms with Crippen LogP contribution in [0.25, 0.3) is 16.9 Å². The fraction of sp³-hybridized carbons (Fsp3) is 0.261. The number of rotatable bonds is 7. The van der Waals surface area contributed by atoms with Gasteiger partial charge in [0.2, 0.25) is 0 Å². The molecule has 7 heteroatoms. The van der Waals surface area contributed by atoms with E-state index in [0.29, 0.717) is 16.5 Å². The fourth-order valence-electron chi connectivity index (χ4n) is 3.12. The van der Waals surface area contributed by atoms with Crippen LogP contribution in [0.5, 0.6) is 0 Å². The van der Waals surface area contributed by atoms with E-state index < -0.39 is 5.97 Å². The van der Waals surface area contributed by atoms with Gasteiger partial charge in [0.1, 0.15) is 0 Å². The quantitative estimate of drug-likeness (QED) is 0.567. The van der Waals surface area contributed by atoms with Crippen LogP contribution in [0, 0.1) is 5.92 Å². The van der Waals surface area contributed by atoms with Crippen molar-refractivity contribution in [2.24, 2.45) is 5.92 Å². The summed E-state index contributed by atoms with van der Waals surface area (Å²) < 4.78 is 6.77. The number of benzene rings is 2. The maximum Gasteiger partial charge on any atom is 0.358 e. The molecule has 1 aromatic heterocycles. The minimum Gasteiger partial charge on any atom is -0.461 e. The van der Waals surface area contributed by atoms with Crippen LogP contribution in [0.1, 0.15) is 40.6 Å². The van der Waals surface area contributed by atoms with E-state index in [1.165, 1.54) is 12.8 Å². The Balaban J connectivity index is 1.65. The monoisotopic (exact) mass is 423 g/mol. The summed E-state index contributed by atoms with van der Waals surface area (Å²) in [4.78, 5) is 24.5. The Hall–Kier alpha value is -3.12. The van der Waals surface area contributed by atoms with Gasteiger partial charge < -0.3 is 10.1 Å². The minimum absolute atomic E-state index is 0.0842. The highest BCUT2D eigenvalue weighted by Crippen LogP contribution is 2.28. The average molecular weight is 424 g/mol. The van der Waals surface area contributed by atoms with Crippen molar-refractivity contribution in [3.63, 3.8) is 0 Å². The van der Waals surface area contributed by atoms with Gasteiger partial charge in [0.25, 0.3) is 5.91 Å². The first-order chi connectivity index (χ1) is 14.5. The summed E-state index contributed by atoms with van der Waals surface area (Å²) in [5.74, 6) is 0.0575. The first-order valence-corrected chi connectivity index (χ1v) is 10.3. The van der Waals surface area contributed by atoms with E-state index in [9.17, 15) is 9.59 Å². The average Bonchev–Trinajstić information content (AvgIpc) is 3.49. The molecular formula is C23H22ClN3O3. The molecule has 1 heterocycles. The predicted molar refractivity (Wildman–Crippen MR) is 115 cm³/mol. The summed E-state index contributed by atoms with van der Waals surface area (Å²) in [6.45, 7) is 2.75. The van der Waals surface area contributed by atoms with Crippen LogP contribution >= 0.6 is 11.6 Å². The van der Waals surface area contributed by atoms with Crippen molar-refractivity contribution in [3.05, 3.63) is 70.9 Å². The van der Waals surface area contributed by atoms with Crippen LogP contribution in [-0.2, 0) is 4.74 Å². The summed E-state index contributed by atoms with van der Waals surface area (Å²) in [5, 5.41) is 8.03. The standard InChI is InChI=1S/C23H22ClN3O3/c1-2-30-23(29)20-13-21(16-5-9-18(24)10-6-16)27(26-20)19-11-7-17(8-12-19)22(28)25-14-15-3-4-15/h5-13,15H,2-4,14H2,1H3,(H,25,28). The highest BCUT2D eigenvalue weighted by atomic mass is 35.5. The number of amides is 1. The van der Waals surface area contributed by atoms with Gasteiger partial charge in [-0.15, -0.1) is 0 Å². The molecule has 0 radical (unpaired) electrons. The van der Waals surface area contributed by atoms with E-state index in [0.717, 1.165) is 23.5 Å². The third kappa shape index (κ3) is 4.54. The second-order valence-electron chi connectivity index (χ2n) is 7.25. The Morgan fingerprint density at radius 3 is 2.47 bits per heavy atom. The number of halogens is 1. The van der Waals surface area contributed by atoms with Gasteiger partial charge in [-0.1, -0.05) is 23.7 Å². The summed E-state index contributed by atoms with van der Waals surface area (Å²) in [7, 11) is 0. The number of carbonyl (C=O) groups excluding carboxylic acids is 2. The summed E-state index contributed by atoms with van der Waals surface area (Å²) >= 11 is 6.01. The number of hydrogen-bond donors (Lipinski definition) is 1. The molecule has 1 aliphatic carbocycles. The minimum atomic E-state index is -0.484. The van der Waals surface area contributed by atoms with Crippen molar-refractivity contribution in [1.29, 1.82) is 0 Å². The number of nitrogens with zero attached hydrogens (tertiary/aromatic N) is 2. The van der Waals surface area contributed by atoms with Crippen molar-refractivity contribution in [1.82, 2.24) is 15.1 Å². The molecule has 0 saturated heterocycles. The maximum absolute atomic E-state index is 12.3. The number of aromatic nitrogens is 2. The highest BCUT2D eigenvalue weighted by Gasteiger charge is 2.22. The first kappa shape index (κ1) is 20.2. The molecule has 1 aliphatic rings. The Labute approximate surface area is 179 Å². The van der Waals surface area contributed by atoms with Gasteiger partial charge in [-0.2, -0.15) is 5.10 Å². The zero-order valence-electron chi connectivity index (χ0n) is 16.6. The number of ether oxygens (including phenoxy) is 1. The highest BCUT2D eigenvalue weighted by molar-refractivity contribution is 6.30. The van der Waals surface area contributed by atoms with E-state index in [1.807, 2.05) is 24.3 Å². The third-order valence-corrected chi connectivity index (χ3v) is 5.21. The number of carbonyl (C=O) groups is 2. The molecule has 0 aliphatic heterocycles. The molecule has 0 spiro atoms. The molecule has 1 saturated carbocycles. The molecule has 1 fully saturated rings. The Morgan fingerprint density at radius 1 is 1.13 bits per heavy atom. The molecule has 1 N–H and O–H groups in total. The van der Waals surface area contributed by atoms with Crippen LogP contribution in [0.2, 0.25) is 5.02 Å². The van der Waals surface area contributed by atoms with Crippen molar-refractivity contribution < 1.29 is 14.3 Å². The van der Waals surface area contributed by atoms with Gasteiger partial charge in [0.05, 0.1) is 18.0 Å². The number of hydrogen-bond acceptors (Lipinski definition) is 4. The molecule has 3 aromatic rings. The molecule has 4 rings (SSSR count). The molecule has 30 heavy (non-hydrogen) atoms. The third-order valence-electron chi connectivity index (χ3n) is 4.96. The lowest BCUT2D eigenvalue weighted by atomic mass is 10.1. The largest absolute Gasteiger partial charge is 0.461 e. The van der Waals surface area contributed by atoms with E-state index in [2.05, 4.69) is 10.4 Å². The van der Waals surface area contributed by atoms with Gasteiger partial charge in [0.15, 0.2) is 5.69 Å². The smallest absolute Gasteiger partial charge is 0.358 e.